The molecule has 4 rings (SSSR count). The van der Waals surface area contributed by atoms with Crippen LogP contribution in [0.2, 0.25) is 0 Å². The van der Waals surface area contributed by atoms with Crippen LogP contribution in [0.25, 0.3) is 11.4 Å². The number of rotatable bonds is 8. The number of aromatic amines is 1. The third kappa shape index (κ3) is 5.52. The summed E-state index contributed by atoms with van der Waals surface area (Å²) < 4.78 is 0. The number of hydrogen-bond donors (Lipinski definition) is 3. The number of amidine groups is 1. The summed E-state index contributed by atoms with van der Waals surface area (Å²) in [5, 5.41) is 7.15. The molecule has 1 aliphatic rings. The number of amides is 3. The van der Waals surface area contributed by atoms with Crippen molar-refractivity contribution in [2.45, 2.75) is 39.2 Å². The van der Waals surface area contributed by atoms with Crippen molar-refractivity contribution in [3.63, 3.8) is 0 Å². The zero-order chi connectivity index (χ0) is 23.9. The lowest BCUT2D eigenvalue weighted by molar-refractivity contribution is -0.115. The Morgan fingerprint density at radius 1 is 1.24 bits per heavy atom. The predicted octanol–water partition coefficient (Wildman–Crippen LogP) is 4.23. The largest absolute Gasteiger partial charge is 0.357 e. The fourth-order valence-electron chi connectivity index (χ4n) is 3.63. The lowest BCUT2D eigenvalue weighted by Crippen LogP contribution is -2.39. The van der Waals surface area contributed by atoms with E-state index < -0.39 is 6.03 Å². The van der Waals surface area contributed by atoms with E-state index in [0.29, 0.717) is 11.0 Å². The van der Waals surface area contributed by atoms with E-state index in [1.165, 1.54) is 18.1 Å². The van der Waals surface area contributed by atoms with Crippen molar-refractivity contribution in [1.29, 1.82) is 0 Å². The van der Waals surface area contributed by atoms with Crippen LogP contribution in [-0.2, 0) is 11.2 Å². The molecule has 1 atom stereocenters. The van der Waals surface area contributed by atoms with Gasteiger partial charge in [-0.05, 0) is 37.0 Å². The summed E-state index contributed by atoms with van der Waals surface area (Å²) in [6.07, 6.45) is 4.49. The zero-order valence-electron chi connectivity index (χ0n) is 19.1. The van der Waals surface area contributed by atoms with Crippen molar-refractivity contribution in [1.82, 2.24) is 26.0 Å². The molecule has 0 bridgehead atoms. The molecule has 0 spiro atoms. The van der Waals surface area contributed by atoms with Crippen molar-refractivity contribution in [2.75, 3.05) is 10.7 Å². The van der Waals surface area contributed by atoms with Gasteiger partial charge in [0.1, 0.15) is 6.33 Å². The zero-order valence-corrected chi connectivity index (χ0v) is 19.9. The molecule has 34 heavy (non-hydrogen) atoms. The van der Waals surface area contributed by atoms with Gasteiger partial charge in [0.15, 0.2) is 11.0 Å². The number of unbranched alkanes of at least 4 members (excludes halogenated alkanes) is 1. The molecule has 1 aliphatic heterocycles. The highest BCUT2D eigenvalue weighted by Crippen LogP contribution is 2.30. The summed E-state index contributed by atoms with van der Waals surface area (Å²) in [4.78, 5) is 35.0. The van der Waals surface area contributed by atoms with E-state index in [9.17, 15) is 9.59 Å². The van der Waals surface area contributed by atoms with Crippen molar-refractivity contribution in [3.8, 4) is 11.4 Å². The minimum Gasteiger partial charge on any atom is -0.273 e. The molecule has 0 aliphatic carbocycles. The number of hydrogen-bond acceptors (Lipinski definition) is 6. The fraction of sp³-hybridized carbons (Fsp3) is 0.292. The van der Waals surface area contributed by atoms with E-state index in [0.717, 1.165) is 41.6 Å². The fourth-order valence-corrected chi connectivity index (χ4v) is 4.48. The van der Waals surface area contributed by atoms with Gasteiger partial charge in [0, 0.05) is 11.6 Å². The Morgan fingerprint density at radius 3 is 2.76 bits per heavy atom. The number of carbonyl (C=O) groups excluding carboxylic acids is 2. The van der Waals surface area contributed by atoms with Gasteiger partial charge in [0.2, 0.25) is 5.91 Å². The second-order valence-electron chi connectivity index (χ2n) is 7.89. The second-order valence-corrected chi connectivity index (χ2v) is 8.83. The summed E-state index contributed by atoms with van der Waals surface area (Å²) in [6, 6.07) is 14.8. The third-order valence-electron chi connectivity index (χ3n) is 5.47. The molecule has 1 aromatic heterocycles. The Labute approximate surface area is 202 Å². The molecule has 3 amide bonds. The second kappa shape index (κ2) is 11.1. The molecule has 3 aromatic rings. The number of thioether (sulfide) groups is 1. The first kappa shape index (κ1) is 23.7. The molecule has 9 nitrogen and oxygen atoms in total. The normalized spacial score (nSPS) is 15.6. The monoisotopic (exact) mass is 477 g/mol. The van der Waals surface area contributed by atoms with Gasteiger partial charge in [-0.1, -0.05) is 67.6 Å². The topological polar surface area (TPSA) is 115 Å². The number of aryl methyl sites for hydroxylation is 1. The first-order chi connectivity index (χ1) is 16.6. The maximum atomic E-state index is 12.6. The highest BCUT2D eigenvalue weighted by Gasteiger charge is 2.31. The van der Waals surface area contributed by atoms with Gasteiger partial charge >= 0.3 is 6.03 Å². The van der Waals surface area contributed by atoms with Crippen LogP contribution in [0.3, 0.4) is 0 Å². The summed E-state index contributed by atoms with van der Waals surface area (Å²) in [5.74, 6) is 0.809. The lowest BCUT2D eigenvalue weighted by atomic mass is 10.1. The molecule has 3 N–H and O–H groups in total. The van der Waals surface area contributed by atoms with E-state index in [4.69, 9.17) is 0 Å². The summed E-state index contributed by atoms with van der Waals surface area (Å²) in [5.41, 5.74) is 9.35. The van der Waals surface area contributed by atoms with E-state index in [1.807, 2.05) is 55.5 Å². The van der Waals surface area contributed by atoms with Crippen LogP contribution < -0.4 is 15.8 Å². The summed E-state index contributed by atoms with van der Waals surface area (Å²) >= 11 is 1.27. The predicted molar refractivity (Wildman–Crippen MR) is 134 cm³/mol. The number of hydrazine groups is 1. The number of aromatic nitrogens is 3. The van der Waals surface area contributed by atoms with Gasteiger partial charge in [-0.2, -0.15) is 10.1 Å². The minimum absolute atomic E-state index is 0.0756. The first-order valence-corrected chi connectivity index (χ1v) is 12.2. The first-order valence-electron chi connectivity index (χ1n) is 11.2. The van der Waals surface area contributed by atoms with Crippen molar-refractivity contribution in [2.24, 2.45) is 4.99 Å². The molecule has 2 heterocycles. The van der Waals surface area contributed by atoms with Crippen molar-refractivity contribution >= 4 is 34.6 Å². The van der Waals surface area contributed by atoms with Gasteiger partial charge in [0.05, 0.1) is 11.4 Å². The highest BCUT2D eigenvalue weighted by molar-refractivity contribution is 8.15. The van der Waals surface area contributed by atoms with Crippen LogP contribution in [0.4, 0.5) is 10.5 Å². The number of carbonyl (C=O) groups is 2. The number of nitrogens with zero attached hydrogens (tertiary/aromatic N) is 4. The Balaban J connectivity index is 1.40. The molecule has 1 fully saturated rings. The lowest BCUT2D eigenvalue weighted by Gasteiger charge is -2.20. The maximum absolute atomic E-state index is 12.6. The van der Waals surface area contributed by atoms with Crippen molar-refractivity contribution < 1.29 is 9.59 Å². The molecule has 10 heteroatoms. The Morgan fingerprint density at radius 2 is 2.03 bits per heavy atom. The number of aliphatic imine (C=N–C) groups is 1. The maximum Gasteiger partial charge on any atom is 0.357 e. The van der Waals surface area contributed by atoms with Crippen LogP contribution in [0, 0.1) is 0 Å². The van der Waals surface area contributed by atoms with Crippen LogP contribution in [-0.4, -0.2) is 38.0 Å². The Hall–Kier alpha value is -3.50. The minimum atomic E-state index is -0.558. The van der Waals surface area contributed by atoms with Gasteiger partial charge in [0.25, 0.3) is 0 Å². The number of H-pyrrole nitrogens is 1. The molecule has 1 saturated heterocycles. The number of urea groups is 1. The molecular formula is C24H27N7O2S. The average molecular weight is 478 g/mol. The van der Waals surface area contributed by atoms with E-state index in [2.05, 4.69) is 37.9 Å². The smallest absolute Gasteiger partial charge is 0.273 e. The van der Waals surface area contributed by atoms with Crippen LogP contribution in [0.15, 0.2) is 59.9 Å². The van der Waals surface area contributed by atoms with Gasteiger partial charge in [-0.25, -0.2) is 15.2 Å². The standard InChI is InChI=1S/C24H27N7O2S/c1-3-4-7-18-8-5-6-9-20(18)31-21(32)14-34-24(31)27-23(33)30-28-16(2)17-10-12-19(13-11-17)22-25-15-26-29-22/h5-6,8-13,15-16,28H,3-4,7,14H2,1-2H3,(H,30,33)(H,25,26,29)/b27-24-. The molecule has 0 saturated carbocycles. The van der Waals surface area contributed by atoms with E-state index in [-0.39, 0.29) is 17.7 Å². The van der Waals surface area contributed by atoms with Crippen LogP contribution in [0.1, 0.15) is 43.9 Å². The Bertz CT molecular complexity index is 1160. The molecular weight excluding hydrogens is 450 g/mol. The number of anilines is 1. The third-order valence-corrected chi connectivity index (χ3v) is 6.40. The quantitative estimate of drug-likeness (QED) is 0.418. The molecule has 1 unspecified atom stereocenters. The number of nitrogens with one attached hydrogen (secondary N) is 3. The van der Waals surface area contributed by atoms with E-state index >= 15 is 0 Å². The molecule has 2 aromatic carbocycles. The van der Waals surface area contributed by atoms with E-state index in [1.54, 1.807) is 4.90 Å². The SMILES string of the molecule is CCCCc1ccccc1N1C(=O)CS/C1=N\C(=O)NNC(C)c1ccc(-c2nc[nH]n2)cc1. The summed E-state index contributed by atoms with van der Waals surface area (Å²) in [6.45, 7) is 4.06. The average Bonchev–Trinajstić information content (AvgIpc) is 3.52. The molecule has 0 radical (unpaired) electrons. The number of benzene rings is 2. The summed E-state index contributed by atoms with van der Waals surface area (Å²) in [7, 11) is 0. The molecule has 176 valence electrons. The van der Waals surface area contributed by atoms with Gasteiger partial charge < -0.3 is 0 Å². The van der Waals surface area contributed by atoms with Crippen LogP contribution >= 0.6 is 11.8 Å². The van der Waals surface area contributed by atoms with Gasteiger partial charge in [-0.15, -0.1) is 0 Å². The number of para-hydroxylation sites is 1. The van der Waals surface area contributed by atoms with Gasteiger partial charge in [-0.3, -0.25) is 20.2 Å². The van der Waals surface area contributed by atoms with Crippen molar-refractivity contribution in [3.05, 3.63) is 66.0 Å². The Kier molecular flexibility index (Phi) is 7.71. The highest BCUT2D eigenvalue weighted by atomic mass is 32.2. The van der Waals surface area contributed by atoms with Crippen LogP contribution in [0.5, 0.6) is 0 Å².